The Balaban J connectivity index is 2.51. The number of carboxylic acids is 1. The second-order valence-corrected chi connectivity index (χ2v) is 5.31. The highest BCUT2D eigenvalue weighted by Gasteiger charge is 2.29. The first-order valence-electron chi connectivity index (χ1n) is 5.05. The predicted molar refractivity (Wildman–Crippen MR) is 55.7 cm³/mol. The summed E-state index contributed by atoms with van der Waals surface area (Å²) in [5, 5.41) is 8.30. The van der Waals surface area contributed by atoms with Crippen molar-refractivity contribution in [1.29, 1.82) is 0 Å². The van der Waals surface area contributed by atoms with Gasteiger partial charge in [-0.05, 0) is 19.8 Å². The summed E-state index contributed by atoms with van der Waals surface area (Å²) in [5.74, 6) is -1.23. The average Bonchev–Trinajstić information content (AvgIpc) is 2.17. The zero-order chi connectivity index (χ0) is 12.2. The molecule has 0 bridgehead atoms. The zero-order valence-corrected chi connectivity index (χ0v) is 9.87. The minimum atomic E-state index is -3.73. The van der Waals surface area contributed by atoms with E-state index in [0.29, 0.717) is 6.54 Å². The van der Waals surface area contributed by atoms with Gasteiger partial charge in [-0.1, -0.05) is 11.3 Å². The molecular formula is C8H16N2O5S. The van der Waals surface area contributed by atoms with Gasteiger partial charge in [-0.15, -0.1) is 0 Å². The first kappa shape index (κ1) is 13.4. The van der Waals surface area contributed by atoms with Crippen LogP contribution < -0.4 is 4.89 Å². The first-order valence-corrected chi connectivity index (χ1v) is 6.49. The number of hydrogen-bond donors (Lipinski definition) is 2. The van der Waals surface area contributed by atoms with Crippen molar-refractivity contribution in [2.75, 3.05) is 13.2 Å². The van der Waals surface area contributed by atoms with Crippen LogP contribution in [0.2, 0.25) is 0 Å². The van der Waals surface area contributed by atoms with E-state index in [-0.39, 0.29) is 6.04 Å². The molecule has 1 unspecified atom stereocenters. The minimum Gasteiger partial charge on any atom is -0.479 e. The van der Waals surface area contributed by atoms with Crippen LogP contribution in [-0.2, 0) is 19.8 Å². The molecule has 1 fully saturated rings. The van der Waals surface area contributed by atoms with Crippen LogP contribution in [0.5, 0.6) is 0 Å². The maximum Gasteiger partial charge on any atom is 0.331 e. The second kappa shape index (κ2) is 5.58. The van der Waals surface area contributed by atoms with Crippen LogP contribution in [0.1, 0.15) is 26.2 Å². The van der Waals surface area contributed by atoms with Crippen molar-refractivity contribution in [3.05, 3.63) is 0 Å². The highest BCUT2D eigenvalue weighted by atomic mass is 32.2. The minimum absolute atomic E-state index is 0.0836. The number of rotatable bonds is 5. The fourth-order valence-corrected chi connectivity index (χ4v) is 2.89. The number of carboxylic acid groups (broad SMARTS) is 1. The van der Waals surface area contributed by atoms with Crippen molar-refractivity contribution in [3.8, 4) is 0 Å². The van der Waals surface area contributed by atoms with E-state index in [9.17, 15) is 13.2 Å². The highest BCUT2D eigenvalue weighted by molar-refractivity contribution is 7.87. The molecule has 16 heavy (non-hydrogen) atoms. The van der Waals surface area contributed by atoms with Crippen LogP contribution in [0.4, 0.5) is 0 Å². The maximum absolute atomic E-state index is 11.7. The molecule has 0 aromatic heterocycles. The van der Waals surface area contributed by atoms with Gasteiger partial charge in [-0.25, -0.2) is 4.79 Å². The van der Waals surface area contributed by atoms with Crippen LogP contribution >= 0.6 is 0 Å². The fraction of sp³-hybridized carbons (Fsp3) is 0.875. The van der Waals surface area contributed by atoms with Gasteiger partial charge in [0.25, 0.3) is 0 Å². The van der Waals surface area contributed by atoms with Gasteiger partial charge < -0.3 is 5.11 Å². The number of hydrogen-bond acceptors (Lipinski definition) is 4. The van der Waals surface area contributed by atoms with Crippen molar-refractivity contribution in [1.82, 2.24) is 9.19 Å². The Morgan fingerprint density at radius 3 is 2.81 bits per heavy atom. The molecule has 7 nitrogen and oxygen atoms in total. The highest BCUT2D eigenvalue weighted by Crippen LogP contribution is 2.18. The normalized spacial score (nSPS) is 23.2. The van der Waals surface area contributed by atoms with Crippen molar-refractivity contribution < 1.29 is 23.2 Å². The van der Waals surface area contributed by atoms with Crippen molar-refractivity contribution in [2.24, 2.45) is 0 Å². The summed E-state index contributed by atoms with van der Waals surface area (Å²) in [5.41, 5.74) is 0. The average molecular weight is 252 g/mol. The Hall–Kier alpha value is -0.700. The van der Waals surface area contributed by atoms with Gasteiger partial charge in [0.1, 0.15) is 0 Å². The van der Waals surface area contributed by atoms with Gasteiger partial charge in [-0.2, -0.15) is 12.7 Å². The van der Waals surface area contributed by atoms with E-state index in [2.05, 4.69) is 4.84 Å². The molecule has 94 valence electrons. The van der Waals surface area contributed by atoms with Crippen molar-refractivity contribution in [2.45, 2.75) is 32.2 Å². The number of carbonyl (C=O) groups is 1. The molecule has 1 atom stereocenters. The molecule has 0 spiro atoms. The molecule has 1 heterocycles. The lowest BCUT2D eigenvalue weighted by molar-refractivity contribution is -0.143. The Labute approximate surface area is 94.5 Å². The van der Waals surface area contributed by atoms with E-state index < -0.39 is 22.8 Å². The van der Waals surface area contributed by atoms with Crippen LogP contribution in [0.3, 0.4) is 0 Å². The Morgan fingerprint density at radius 2 is 2.25 bits per heavy atom. The number of nitrogens with zero attached hydrogens (tertiary/aromatic N) is 1. The summed E-state index contributed by atoms with van der Waals surface area (Å²) in [7, 11) is -3.73. The number of nitrogens with one attached hydrogen (secondary N) is 1. The molecule has 8 heteroatoms. The maximum atomic E-state index is 11.7. The van der Waals surface area contributed by atoms with Gasteiger partial charge in [0.2, 0.25) is 0 Å². The summed E-state index contributed by atoms with van der Waals surface area (Å²) in [6, 6.07) is -0.0836. The van der Waals surface area contributed by atoms with Crippen molar-refractivity contribution in [3.63, 3.8) is 0 Å². The van der Waals surface area contributed by atoms with Crippen LogP contribution in [0.25, 0.3) is 0 Å². The first-order chi connectivity index (χ1) is 7.43. The van der Waals surface area contributed by atoms with E-state index in [4.69, 9.17) is 5.11 Å². The largest absolute Gasteiger partial charge is 0.479 e. The topological polar surface area (TPSA) is 95.9 Å². The Morgan fingerprint density at radius 1 is 1.56 bits per heavy atom. The van der Waals surface area contributed by atoms with Crippen molar-refractivity contribution >= 4 is 16.2 Å². The molecule has 2 N–H and O–H groups in total. The van der Waals surface area contributed by atoms with E-state index in [1.54, 1.807) is 0 Å². The molecule has 1 aliphatic rings. The standard InChI is InChI=1S/C8H16N2O5S/c1-7-4-2-3-5-10(7)16(13,14)9-15-6-8(11)12/h7,9H,2-6H2,1H3,(H,11,12). The van der Waals surface area contributed by atoms with Gasteiger partial charge in [-0.3, -0.25) is 4.84 Å². The second-order valence-electron chi connectivity index (χ2n) is 3.73. The van der Waals surface area contributed by atoms with E-state index in [1.165, 1.54) is 4.31 Å². The lowest BCUT2D eigenvalue weighted by Crippen LogP contribution is -2.48. The molecule has 0 radical (unpaired) electrons. The summed E-state index contributed by atoms with van der Waals surface area (Å²) in [6.07, 6.45) is 2.62. The quantitative estimate of drug-likeness (QED) is 0.655. The molecule has 0 amide bonds. The van der Waals surface area contributed by atoms with Gasteiger partial charge >= 0.3 is 16.2 Å². The molecule has 1 aliphatic heterocycles. The van der Waals surface area contributed by atoms with Gasteiger partial charge in [0.05, 0.1) is 0 Å². The molecule has 0 saturated carbocycles. The van der Waals surface area contributed by atoms with Crippen LogP contribution in [0, 0.1) is 0 Å². The van der Waals surface area contributed by atoms with Gasteiger partial charge in [0.15, 0.2) is 6.61 Å². The lowest BCUT2D eigenvalue weighted by atomic mass is 10.1. The lowest BCUT2D eigenvalue weighted by Gasteiger charge is -2.31. The summed E-state index contributed by atoms with van der Waals surface area (Å²) < 4.78 is 24.6. The smallest absolute Gasteiger partial charge is 0.331 e. The Kier molecular flexibility index (Phi) is 4.66. The third-order valence-corrected chi connectivity index (χ3v) is 3.90. The molecule has 1 saturated heterocycles. The molecular weight excluding hydrogens is 236 g/mol. The Bertz CT molecular complexity index is 342. The van der Waals surface area contributed by atoms with E-state index in [1.807, 2.05) is 11.8 Å². The SMILES string of the molecule is CC1CCCCN1S(=O)(=O)NOCC(=O)O. The summed E-state index contributed by atoms with van der Waals surface area (Å²) >= 11 is 0. The number of aliphatic carboxylic acids is 1. The molecule has 1 rings (SSSR count). The van der Waals surface area contributed by atoms with E-state index >= 15 is 0 Å². The third-order valence-electron chi connectivity index (χ3n) is 2.41. The van der Waals surface area contributed by atoms with Gasteiger partial charge in [0, 0.05) is 12.6 Å². The summed E-state index contributed by atoms with van der Waals surface area (Å²) in [4.78, 5) is 16.3. The van der Waals surface area contributed by atoms with E-state index in [0.717, 1.165) is 19.3 Å². The van der Waals surface area contributed by atoms with Crippen LogP contribution in [0.15, 0.2) is 0 Å². The fourth-order valence-electron chi connectivity index (χ4n) is 1.64. The zero-order valence-electron chi connectivity index (χ0n) is 9.05. The third kappa shape index (κ3) is 3.71. The summed E-state index contributed by atoms with van der Waals surface area (Å²) in [6.45, 7) is 1.56. The predicted octanol–water partition coefficient (Wildman–Crippen LogP) is -0.289. The number of piperidine rings is 1. The molecule has 0 aliphatic carbocycles. The monoisotopic (exact) mass is 252 g/mol. The van der Waals surface area contributed by atoms with Crippen LogP contribution in [-0.4, -0.2) is 43.0 Å². The molecule has 0 aromatic rings. The molecule has 0 aromatic carbocycles.